The molecule has 0 amide bonds. The highest BCUT2D eigenvalue weighted by Gasteiger charge is 2.19. The zero-order valence-electron chi connectivity index (χ0n) is 9.06. The summed E-state index contributed by atoms with van der Waals surface area (Å²) in [7, 11) is 0. The molecule has 1 aromatic rings. The molecule has 0 aliphatic heterocycles. The number of aryl methyl sites for hydroxylation is 1. The first kappa shape index (κ1) is 13.3. The molecule has 1 atom stereocenters. The average Bonchev–Trinajstić information content (AvgIpc) is 2.25. The normalized spacial score (nSPS) is 12.5. The van der Waals surface area contributed by atoms with Crippen molar-refractivity contribution >= 4 is 11.4 Å². The minimum Gasteiger partial charge on any atom is -0.385 e. The lowest BCUT2D eigenvalue weighted by Crippen LogP contribution is -2.27. The van der Waals surface area contributed by atoms with E-state index >= 15 is 0 Å². The van der Waals surface area contributed by atoms with Crippen molar-refractivity contribution in [2.24, 2.45) is 0 Å². The number of anilines is 1. The summed E-state index contributed by atoms with van der Waals surface area (Å²) < 4.78 is 24.1. The quantitative estimate of drug-likeness (QED) is 0.615. The molecule has 0 saturated carbocycles. The van der Waals surface area contributed by atoms with Crippen LogP contribution in [-0.4, -0.2) is 29.1 Å². The molecule has 17 heavy (non-hydrogen) atoms. The minimum absolute atomic E-state index is 0.120. The van der Waals surface area contributed by atoms with Crippen LogP contribution < -0.4 is 5.32 Å². The van der Waals surface area contributed by atoms with Gasteiger partial charge in [-0.05, 0) is 18.6 Å². The number of nitrogens with one attached hydrogen (secondary N) is 1. The molecule has 2 N–H and O–H groups in total. The lowest BCUT2D eigenvalue weighted by Gasteiger charge is -2.12. The Morgan fingerprint density at radius 1 is 1.53 bits per heavy atom. The Kier molecular flexibility index (Phi) is 4.33. The molecule has 5 nitrogen and oxygen atoms in total. The van der Waals surface area contributed by atoms with Crippen LogP contribution in [0.15, 0.2) is 18.2 Å². The van der Waals surface area contributed by atoms with Gasteiger partial charge in [-0.2, -0.15) is 0 Å². The lowest BCUT2D eigenvalue weighted by molar-refractivity contribution is -0.384. The van der Waals surface area contributed by atoms with Crippen LogP contribution in [0.1, 0.15) is 5.56 Å². The lowest BCUT2D eigenvalue weighted by atomic mass is 10.2. The van der Waals surface area contributed by atoms with Crippen LogP contribution in [0.2, 0.25) is 0 Å². The van der Waals surface area contributed by atoms with Crippen molar-refractivity contribution in [3.05, 3.63) is 33.9 Å². The van der Waals surface area contributed by atoms with Crippen molar-refractivity contribution in [1.29, 1.82) is 0 Å². The molecule has 0 aliphatic carbocycles. The van der Waals surface area contributed by atoms with Crippen molar-refractivity contribution in [2.45, 2.75) is 19.5 Å². The summed E-state index contributed by atoms with van der Waals surface area (Å²) in [6.45, 7) is 1.28. The summed E-state index contributed by atoms with van der Waals surface area (Å²) in [6.07, 6.45) is -4.73. The number of benzene rings is 1. The molecular formula is C10H12F2N2O3. The fourth-order valence-electron chi connectivity index (χ4n) is 1.25. The van der Waals surface area contributed by atoms with E-state index in [4.69, 9.17) is 5.11 Å². The molecule has 0 aromatic heterocycles. The van der Waals surface area contributed by atoms with E-state index in [1.165, 1.54) is 12.1 Å². The molecule has 0 bridgehead atoms. The van der Waals surface area contributed by atoms with E-state index in [1.54, 1.807) is 13.0 Å². The summed E-state index contributed by atoms with van der Waals surface area (Å²) in [4.78, 5) is 10.1. The number of rotatable bonds is 5. The molecule has 0 aliphatic rings. The average molecular weight is 246 g/mol. The van der Waals surface area contributed by atoms with E-state index in [0.29, 0.717) is 0 Å². The number of hydrogen-bond donors (Lipinski definition) is 2. The molecule has 0 heterocycles. The van der Waals surface area contributed by atoms with Crippen LogP contribution >= 0.6 is 0 Å². The first-order valence-corrected chi connectivity index (χ1v) is 4.87. The van der Waals surface area contributed by atoms with Gasteiger partial charge in [0, 0.05) is 12.6 Å². The molecular weight excluding hydrogens is 234 g/mol. The van der Waals surface area contributed by atoms with E-state index in [1.807, 2.05) is 0 Å². The highest BCUT2D eigenvalue weighted by molar-refractivity contribution is 5.62. The summed E-state index contributed by atoms with van der Waals surface area (Å²) in [5, 5.41) is 22.0. The van der Waals surface area contributed by atoms with Crippen molar-refractivity contribution < 1.29 is 18.8 Å². The molecule has 94 valence electrons. The second kappa shape index (κ2) is 5.53. The first-order chi connectivity index (χ1) is 7.91. The van der Waals surface area contributed by atoms with E-state index < -0.39 is 24.0 Å². The van der Waals surface area contributed by atoms with Gasteiger partial charge in [0.15, 0.2) is 0 Å². The van der Waals surface area contributed by atoms with Gasteiger partial charge in [-0.1, -0.05) is 6.07 Å². The Balaban J connectivity index is 2.82. The maximum Gasteiger partial charge on any atom is 0.292 e. The Labute approximate surface area is 96.2 Å². The molecule has 0 spiro atoms. The third-order valence-corrected chi connectivity index (χ3v) is 2.14. The van der Waals surface area contributed by atoms with Gasteiger partial charge in [0.05, 0.1) is 4.92 Å². The number of halogens is 2. The Bertz CT molecular complexity index is 413. The third kappa shape index (κ3) is 3.63. The van der Waals surface area contributed by atoms with Gasteiger partial charge in [-0.15, -0.1) is 0 Å². The number of aliphatic hydroxyl groups is 1. The van der Waals surface area contributed by atoms with Crippen molar-refractivity contribution in [3.8, 4) is 0 Å². The predicted molar refractivity (Wildman–Crippen MR) is 58.3 cm³/mol. The SMILES string of the molecule is Cc1ccc([N+](=O)[O-])c(NCC(O)C(F)F)c1. The van der Waals surface area contributed by atoms with E-state index in [2.05, 4.69) is 5.32 Å². The Morgan fingerprint density at radius 2 is 2.18 bits per heavy atom. The molecule has 1 unspecified atom stereocenters. The molecule has 0 saturated heterocycles. The second-order valence-electron chi connectivity index (χ2n) is 3.56. The number of nitro benzene ring substituents is 1. The van der Waals surface area contributed by atoms with Gasteiger partial charge in [0.2, 0.25) is 0 Å². The van der Waals surface area contributed by atoms with E-state index in [0.717, 1.165) is 5.56 Å². The van der Waals surface area contributed by atoms with Gasteiger partial charge in [-0.3, -0.25) is 10.1 Å². The highest BCUT2D eigenvalue weighted by Crippen LogP contribution is 2.25. The maximum absolute atomic E-state index is 12.0. The Hall–Kier alpha value is -1.76. The standard InChI is InChI=1S/C10H12F2N2O3/c1-6-2-3-8(14(16)17)7(4-6)13-5-9(15)10(11)12/h2-4,9-10,13,15H,5H2,1H3. The first-order valence-electron chi connectivity index (χ1n) is 4.87. The van der Waals surface area contributed by atoms with Crippen LogP contribution in [0.3, 0.4) is 0 Å². The minimum atomic E-state index is -2.88. The fraction of sp³-hybridized carbons (Fsp3) is 0.400. The van der Waals surface area contributed by atoms with E-state index in [-0.39, 0.29) is 11.4 Å². The number of hydrogen-bond acceptors (Lipinski definition) is 4. The molecule has 1 aromatic carbocycles. The summed E-state index contributed by atoms with van der Waals surface area (Å²) in [5.41, 5.74) is 0.663. The fourth-order valence-corrected chi connectivity index (χ4v) is 1.25. The van der Waals surface area contributed by atoms with Crippen LogP contribution in [0.4, 0.5) is 20.2 Å². The zero-order chi connectivity index (χ0) is 13.0. The topological polar surface area (TPSA) is 75.4 Å². The van der Waals surface area contributed by atoms with Crippen LogP contribution in [0.5, 0.6) is 0 Å². The molecule has 1 rings (SSSR count). The van der Waals surface area contributed by atoms with Crippen molar-refractivity contribution in [1.82, 2.24) is 0 Å². The van der Waals surface area contributed by atoms with Crippen LogP contribution in [0, 0.1) is 17.0 Å². The predicted octanol–water partition coefficient (Wildman–Crippen LogP) is 1.94. The largest absolute Gasteiger partial charge is 0.385 e. The van der Waals surface area contributed by atoms with Gasteiger partial charge in [0.25, 0.3) is 12.1 Å². The number of nitro groups is 1. The highest BCUT2D eigenvalue weighted by atomic mass is 19.3. The number of alkyl halides is 2. The molecule has 0 radical (unpaired) electrons. The summed E-state index contributed by atoms with van der Waals surface area (Å²) in [6, 6.07) is 4.30. The van der Waals surface area contributed by atoms with Gasteiger partial charge >= 0.3 is 0 Å². The molecule has 7 heteroatoms. The number of aliphatic hydroxyl groups excluding tert-OH is 1. The van der Waals surface area contributed by atoms with Gasteiger partial charge in [-0.25, -0.2) is 8.78 Å². The van der Waals surface area contributed by atoms with Gasteiger partial charge in [0.1, 0.15) is 11.8 Å². The van der Waals surface area contributed by atoms with Gasteiger partial charge < -0.3 is 10.4 Å². The maximum atomic E-state index is 12.0. The smallest absolute Gasteiger partial charge is 0.292 e. The van der Waals surface area contributed by atoms with Crippen LogP contribution in [-0.2, 0) is 0 Å². The monoisotopic (exact) mass is 246 g/mol. The number of nitrogens with zero attached hydrogens (tertiary/aromatic N) is 1. The Morgan fingerprint density at radius 3 is 2.71 bits per heavy atom. The molecule has 0 fully saturated rings. The van der Waals surface area contributed by atoms with Crippen molar-refractivity contribution in [2.75, 3.05) is 11.9 Å². The zero-order valence-corrected chi connectivity index (χ0v) is 9.06. The summed E-state index contributed by atoms with van der Waals surface area (Å²) >= 11 is 0. The second-order valence-corrected chi connectivity index (χ2v) is 3.56. The van der Waals surface area contributed by atoms with Crippen LogP contribution in [0.25, 0.3) is 0 Å². The van der Waals surface area contributed by atoms with E-state index in [9.17, 15) is 18.9 Å². The summed E-state index contributed by atoms with van der Waals surface area (Å²) in [5.74, 6) is 0. The third-order valence-electron chi connectivity index (χ3n) is 2.14. The van der Waals surface area contributed by atoms with Crippen molar-refractivity contribution in [3.63, 3.8) is 0 Å².